The lowest BCUT2D eigenvalue weighted by atomic mass is 10.1. The molecule has 1 N–H and O–H groups in total. The Morgan fingerprint density at radius 3 is 2.42 bits per heavy atom. The van der Waals surface area contributed by atoms with Gasteiger partial charge in [0.15, 0.2) is 0 Å². The molecule has 1 atom stereocenters. The minimum atomic E-state index is -0.168. The number of hydrogen-bond acceptors (Lipinski definition) is 5. The third-order valence-corrected chi connectivity index (χ3v) is 4.91. The van der Waals surface area contributed by atoms with Gasteiger partial charge in [0.05, 0.1) is 6.04 Å². The quantitative estimate of drug-likeness (QED) is 0.744. The maximum Gasteiger partial charge on any atom is 0.270 e. The average molecular weight is 335 g/mol. The van der Waals surface area contributed by atoms with Crippen LogP contribution < -0.4 is 5.32 Å². The summed E-state index contributed by atoms with van der Waals surface area (Å²) >= 11 is 0. The SMILES string of the molecule is C[C@@H](C(=O)NC1CC1)N1CCN(C(=O)C2=NN(C)C(=O)CC2)CC1. The first-order valence-electron chi connectivity index (χ1n) is 8.63. The summed E-state index contributed by atoms with van der Waals surface area (Å²) in [6.45, 7) is 4.42. The van der Waals surface area contributed by atoms with Crippen LogP contribution in [0.1, 0.15) is 32.6 Å². The van der Waals surface area contributed by atoms with E-state index in [1.165, 1.54) is 5.01 Å². The van der Waals surface area contributed by atoms with E-state index in [1.54, 1.807) is 11.9 Å². The number of nitrogens with zero attached hydrogens (tertiary/aromatic N) is 4. The molecule has 132 valence electrons. The molecule has 8 nitrogen and oxygen atoms in total. The van der Waals surface area contributed by atoms with E-state index in [-0.39, 0.29) is 23.8 Å². The summed E-state index contributed by atoms with van der Waals surface area (Å²) in [5.74, 6) is -0.0787. The van der Waals surface area contributed by atoms with Crippen molar-refractivity contribution in [2.75, 3.05) is 33.2 Å². The van der Waals surface area contributed by atoms with Crippen LogP contribution in [0.25, 0.3) is 0 Å². The smallest absolute Gasteiger partial charge is 0.270 e. The van der Waals surface area contributed by atoms with Crippen molar-refractivity contribution in [3.63, 3.8) is 0 Å². The molecular formula is C16H25N5O3. The van der Waals surface area contributed by atoms with Gasteiger partial charge in [-0.15, -0.1) is 0 Å². The van der Waals surface area contributed by atoms with Gasteiger partial charge in [0.1, 0.15) is 5.71 Å². The molecule has 2 fully saturated rings. The van der Waals surface area contributed by atoms with Gasteiger partial charge in [0.2, 0.25) is 11.8 Å². The van der Waals surface area contributed by atoms with Crippen LogP contribution in [0, 0.1) is 0 Å². The first-order chi connectivity index (χ1) is 11.5. The molecule has 0 unspecified atom stereocenters. The fraction of sp³-hybridized carbons (Fsp3) is 0.750. The molecular weight excluding hydrogens is 310 g/mol. The molecule has 1 saturated heterocycles. The Balaban J connectivity index is 1.51. The zero-order valence-electron chi connectivity index (χ0n) is 14.3. The highest BCUT2D eigenvalue weighted by atomic mass is 16.2. The second-order valence-corrected chi connectivity index (χ2v) is 6.75. The third kappa shape index (κ3) is 3.75. The number of carbonyl (C=O) groups is 3. The van der Waals surface area contributed by atoms with Gasteiger partial charge in [-0.1, -0.05) is 0 Å². The monoisotopic (exact) mass is 335 g/mol. The van der Waals surface area contributed by atoms with E-state index in [0.29, 0.717) is 50.8 Å². The van der Waals surface area contributed by atoms with Crippen molar-refractivity contribution in [2.45, 2.75) is 44.7 Å². The second-order valence-electron chi connectivity index (χ2n) is 6.75. The lowest BCUT2D eigenvalue weighted by Crippen LogP contribution is -2.56. The second kappa shape index (κ2) is 6.88. The molecule has 2 heterocycles. The average Bonchev–Trinajstić information content (AvgIpc) is 3.40. The summed E-state index contributed by atoms with van der Waals surface area (Å²) in [5.41, 5.74) is 0.449. The first kappa shape index (κ1) is 16.9. The van der Waals surface area contributed by atoms with Crippen molar-refractivity contribution in [1.29, 1.82) is 0 Å². The van der Waals surface area contributed by atoms with Crippen molar-refractivity contribution in [3.8, 4) is 0 Å². The Hall–Kier alpha value is -1.96. The van der Waals surface area contributed by atoms with Gasteiger partial charge in [-0.05, 0) is 19.8 Å². The van der Waals surface area contributed by atoms with E-state index >= 15 is 0 Å². The normalized spacial score (nSPS) is 23.8. The minimum Gasteiger partial charge on any atom is -0.352 e. The van der Waals surface area contributed by atoms with Crippen LogP contribution in [0.3, 0.4) is 0 Å². The summed E-state index contributed by atoms with van der Waals surface area (Å²) in [6, 6.07) is 0.199. The van der Waals surface area contributed by atoms with E-state index < -0.39 is 0 Å². The van der Waals surface area contributed by atoms with Crippen LogP contribution in [0.5, 0.6) is 0 Å². The number of hydrazone groups is 1. The van der Waals surface area contributed by atoms with E-state index in [2.05, 4.69) is 15.3 Å². The Bertz CT molecular complexity index is 564. The lowest BCUT2D eigenvalue weighted by molar-refractivity contribution is -0.131. The molecule has 0 aromatic heterocycles. The van der Waals surface area contributed by atoms with E-state index in [0.717, 1.165) is 12.8 Å². The van der Waals surface area contributed by atoms with Gasteiger partial charge >= 0.3 is 0 Å². The van der Waals surface area contributed by atoms with Crippen LogP contribution in [0.15, 0.2) is 5.10 Å². The molecule has 1 saturated carbocycles. The Morgan fingerprint density at radius 2 is 1.83 bits per heavy atom. The maximum absolute atomic E-state index is 12.5. The number of amides is 3. The molecule has 3 amide bonds. The molecule has 24 heavy (non-hydrogen) atoms. The van der Waals surface area contributed by atoms with Crippen molar-refractivity contribution in [2.24, 2.45) is 5.10 Å². The predicted octanol–water partition coefficient (Wildman–Crippen LogP) is -0.594. The number of hydrogen-bond donors (Lipinski definition) is 1. The largest absolute Gasteiger partial charge is 0.352 e. The molecule has 0 radical (unpaired) electrons. The molecule has 0 bridgehead atoms. The van der Waals surface area contributed by atoms with Gasteiger partial charge < -0.3 is 10.2 Å². The number of nitrogens with one attached hydrogen (secondary N) is 1. The van der Waals surface area contributed by atoms with Crippen LogP contribution in [0.2, 0.25) is 0 Å². The standard InChI is InChI=1S/C16H25N5O3/c1-11(15(23)17-12-3-4-12)20-7-9-21(10-8-20)16(24)13-5-6-14(22)19(2)18-13/h11-12H,3-10H2,1-2H3,(H,17,23)/t11-/m0/s1. The summed E-state index contributed by atoms with van der Waals surface area (Å²) in [7, 11) is 1.58. The van der Waals surface area contributed by atoms with Crippen LogP contribution in [-0.4, -0.2) is 83.6 Å². The van der Waals surface area contributed by atoms with Crippen molar-refractivity contribution >= 4 is 23.4 Å². The molecule has 3 aliphatic rings. The number of rotatable bonds is 4. The molecule has 0 spiro atoms. The summed E-state index contributed by atoms with van der Waals surface area (Å²) in [5, 5.41) is 8.37. The molecule has 1 aliphatic carbocycles. The van der Waals surface area contributed by atoms with Crippen LogP contribution in [-0.2, 0) is 14.4 Å². The number of piperazine rings is 1. The molecule has 2 aliphatic heterocycles. The lowest BCUT2D eigenvalue weighted by Gasteiger charge is -2.37. The van der Waals surface area contributed by atoms with Gasteiger partial charge in [-0.2, -0.15) is 5.10 Å². The topological polar surface area (TPSA) is 85.3 Å². The van der Waals surface area contributed by atoms with Gasteiger partial charge in [-0.25, -0.2) is 5.01 Å². The van der Waals surface area contributed by atoms with Gasteiger partial charge in [-0.3, -0.25) is 19.3 Å². The van der Waals surface area contributed by atoms with Crippen LogP contribution >= 0.6 is 0 Å². The van der Waals surface area contributed by atoms with Crippen LogP contribution in [0.4, 0.5) is 0 Å². The zero-order chi connectivity index (χ0) is 17.3. The fourth-order valence-electron chi connectivity index (χ4n) is 3.03. The van der Waals surface area contributed by atoms with Gasteiger partial charge in [0.25, 0.3) is 5.91 Å². The van der Waals surface area contributed by atoms with E-state index in [9.17, 15) is 14.4 Å². The Labute approximate surface area is 141 Å². The maximum atomic E-state index is 12.5. The molecule has 0 aromatic carbocycles. The van der Waals surface area contributed by atoms with Crippen molar-refractivity contribution < 1.29 is 14.4 Å². The van der Waals surface area contributed by atoms with Crippen molar-refractivity contribution in [1.82, 2.24) is 20.1 Å². The Kier molecular flexibility index (Phi) is 4.84. The fourth-order valence-corrected chi connectivity index (χ4v) is 3.03. The number of carbonyl (C=O) groups excluding carboxylic acids is 3. The zero-order valence-corrected chi connectivity index (χ0v) is 14.3. The molecule has 8 heteroatoms. The highest BCUT2D eigenvalue weighted by Gasteiger charge is 2.32. The van der Waals surface area contributed by atoms with E-state index in [1.807, 2.05) is 6.92 Å². The third-order valence-electron chi connectivity index (χ3n) is 4.91. The molecule has 0 aromatic rings. The van der Waals surface area contributed by atoms with Crippen molar-refractivity contribution in [3.05, 3.63) is 0 Å². The predicted molar refractivity (Wildman–Crippen MR) is 88.2 cm³/mol. The molecule has 3 rings (SSSR count). The highest BCUT2D eigenvalue weighted by molar-refractivity contribution is 6.39. The van der Waals surface area contributed by atoms with E-state index in [4.69, 9.17) is 0 Å². The van der Waals surface area contributed by atoms with Gasteiger partial charge in [0, 0.05) is 52.1 Å². The summed E-state index contributed by atoms with van der Waals surface area (Å²) in [6.07, 6.45) is 2.90. The highest BCUT2D eigenvalue weighted by Crippen LogP contribution is 2.19. The Morgan fingerprint density at radius 1 is 1.17 bits per heavy atom. The minimum absolute atomic E-state index is 0.0631. The first-order valence-corrected chi connectivity index (χ1v) is 8.63. The summed E-state index contributed by atoms with van der Waals surface area (Å²) < 4.78 is 0. The summed E-state index contributed by atoms with van der Waals surface area (Å²) in [4.78, 5) is 40.0.